The normalized spacial score (nSPS) is 11.2. The SMILES string of the molecule is CC(C)C(=O)Cc1ccc(Nc2nc3ccc(F)cc3s2)c(Cl)c1. The minimum Gasteiger partial charge on any atom is -0.330 e. The van der Waals surface area contributed by atoms with Gasteiger partial charge in [0, 0.05) is 12.3 Å². The third kappa shape index (κ3) is 3.74. The Balaban J connectivity index is 1.80. The molecule has 1 aromatic heterocycles. The second-order valence-electron chi connectivity index (χ2n) is 5.87. The van der Waals surface area contributed by atoms with Gasteiger partial charge in [0.2, 0.25) is 0 Å². The molecule has 3 aromatic rings. The van der Waals surface area contributed by atoms with Gasteiger partial charge >= 0.3 is 0 Å². The van der Waals surface area contributed by atoms with Crippen molar-refractivity contribution in [1.82, 2.24) is 4.98 Å². The van der Waals surface area contributed by atoms with Crippen LogP contribution in [0.15, 0.2) is 36.4 Å². The molecule has 0 aliphatic carbocycles. The topological polar surface area (TPSA) is 42.0 Å². The van der Waals surface area contributed by atoms with Crippen LogP contribution in [0.4, 0.5) is 15.2 Å². The van der Waals surface area contributed by atoms with Gasteiger partial charge in [-0.1, -0.05) is 42.9 Å². The summed E-state index contributed by atoms with van der Waals surface area (Å²) in [5.74, 6) is -0.0976. The Morgan fingerprint density at radius 1 is 1.29 bits per heavy atom. The maximum atomic E-state index is 13.3. The van der Waals surface area contributed by atoms with E-state index in [2.05, 4.69) is 10.3 Å². The number of nitrogens with zero attached hydrogens (tertiary/aromatic N) is 1. The summed E-state index contributed by atoms with van der Waals surface area (Å²) in [6.07, 6.45) is 0.373. The van der Waals surface area contributed by atoms with Crippen LogP contribution in [-0.4, -0.2) is 10.8 Å². The van der Waals surface area contributed by atoms with E-state index in [-0.39, 0.29) is 17.5 Å². The Morgan fingerprint density at radius 2 is 2.08 bits per heavy atom. The highest BCUT2D eigenvalue weighted by Crippen LogP contribution is 2.32. The molecule has 3 rings (SSSR count). The number of carbonyl (C=O) groups is 1. The van der Waals surface area contributed by atoms with Crippen LogP contribution >= 0.6 is 22.9 Å². The van der Waals surface area contributed by atoms with Crippen LogP contribution in [-0.2, 0) is 11.2 Å². The van der Waals surface area contributed by atoms with Gasteiger partial charge in [0.05, 0.1) is 20.9 Å². The first-order chi connectivity index (χ1) is 11.4. The molecule has 0 saturated heterocycles. The van der Waals surface area contributed by atoms with Crippen LogP contribution in [0.1, 0.15) is 19.4 Å². The number of thiazole rings is 1. The summed E-state index contributed by atoms with van der Waals surface area (Å²) in [6.45, 7) is 3.77. The first-order valence-corrected chi connectivity index (χ1v) is 8.76. The van der Waals surface area contributed by atoms with Crippen LogP contribution in [0.3, 0.4) is 0 Å². The number of halogens is 2. The molecule has 0 radical (unpaired) electrons. The molecule has 0 saturated carbocycles. The second-order valence-corrected chi connectivity index (χ2v) is 7.31. The summed E-state index contributed by atoms with van der Waals surface area (Å²) in [7, 11) is 0. The van der Waals surface area contributed by atoms with Crippen molar-refractivity contribution < 1.29 is 9.18 Å². The molecule has 0 spiro atoms. The Bertz CT molecular complexity index is 907. The third-order valence-electron chi connectivity index (χ3n) is 3.65. The number of fused-ring (bicyclic) bond motifs is 1. The number of ketones is 1. The van der Waals surface area contributed by atoms with Crippen molar-refractivity contribution in [2.75, 3.05) is 5.32 Å². The van der Waals surface area contributed by atoms with E-state index < -0.39 is 0 Å². The molecule has 0 aliphatic rings. The van der Waals surface area contributed by atoms with Crippen LogP contribution in [0, 0.1) is 11.7 Å². The fourth-order valence-corrected chi connectivity index (χ4v) is 3.40. The zero-order valence-electron chi connectivity index (χ0n) is 13.3. The van der Waals surface area contributed by atoms with E-state index in [0.29, 0.717) is 22.3 Å². The standard InChI is InChI=1S/C18H16ClFN2OS/c1-10(2)16(23)8-11-3-5-14(13(19)7-11)21-18-22-15-6-4-12(20)9-17(15)24-18/h3-7,9-10H,8H2,1-2H3,(H,21,22). The summed E-state index contributed by atoms with van der Waals surface area (Å²) < 4.78 is 14.0. The molecule has 1 heterocycles. The lowest BCUT2D eigenvalue weighted by Gasteiger charge is -2.08. The lowest BCUT2D eigenvalue weighted by Crippen LogP contribution is -2.10. The summed E-state index contributed by atoms with van der Waals surface area (Å²) in [4.78, 5) is 16.2. The molecule has 24 heavy (non-hydrogen) atoms. The molecule has 6 heteroatoms. The lowest BCUT2D eigenvalue weighted by atomic mass is 10.0. The number of carbonyl (C=O) groups excluding carboxylic acids is 1. The Morgan fingerprint density at radius 3 is 2.79 bits per heavy atom. The lowest BCUT2D eigenvalue weighted by molar-refractivity contribution is -0.121. The molecule has 0 aliphatic heterocycles. The minimum absolute atomic E-state index is 0.00437. The Labute approximate surface area is 148 Å². The summed E-state index contributed by atoms with van der Waals surface area (Å²) in [5, 5.41) is 4.32. The number of hydrogen-bond acceptors (Lipinski definition) is 4. The molecular weight excluding hydrogens is 347 g/mol. The van der Waals surface area contributed by atoms with Crippen molar-refractivity contribution in [3.8, 4) is 0 Å². The summed E-state index contributed by atoms with van der Waals surface area (Å²) in [6, 6.07) is 9.99. The number of Topliss-reactive ketones (excluding diaryl/α,β-unsaturated/α-hetero) is 1. The zero-order chi connectivity index (χ0) is 17.3. The number of rotatable bonds is 5. The number of hydrogen-bond donors (Lipinski definition) is 1. The van der Waals surface area contributed by atoms with Crippen molar-refractivity contribution in [2.24, 2.45) is 5.92 Å². The fourth-order valence-electron chi connectivity index (χ4n) is 2.24. The quantitative estimate of drug-likeness (QED) is 0.642. The molecule has 2 aromatic carbocycles. The maximum Gasteiger partial charge on any atom is 0.188 e. The summed E-state index contributed by atoms with van der Waals surface area (Å²) in [5.41, 5.74) is 2.33. The molecule has 1 N–H and O–H groups in total. The van der Waals surface area contributed by atoms with Crippen LogP contribution < -0.4 is 5.32 Å². The average Bonchev–Trinajstić information content (AvgIpc) is 2.91. The molecule has 0 bridgehead atoms. The predicted octanol–water partition coefficient (Wildman–Crippen LogP) is 5.60. The molecule has 0 unspecified atom stereocenters. The van der Waals surface area contributed by atoms with Gasteiger partial charge in [0.25, 0.3) is 0 Å². The maximum absolute atomic E-state index is 13.3. The smallest absolute Gasteiger partial charge is 0.188 e. The molecule has 3 nitrogen and oxygen atoms in total. The van der Waals surface area contributed by atoms with Crippen LogP contribution in [0.5, 0.6) is 0 Å². The van der Waals surface area contributed by atoms with Gasteiger partial charge in [0.15, 0.2) is 5.13 Å². The largest absolute Gasteiger partial charge is 0.330 e. The molecule has 0 fully saturated rings. The van der Waals surface area contributed by atoms with Crippen molar-refractivity contribution in [3.63, 3.8) is 0 Å². The highest BCUT2D eigenvalue weighted by molar-refractivity contribution is 7.22. The second kappa shape index (κ2) is 6.87. The number of benzene rings is 2. The van der Waals surface area contributed by atoms with E-state index in [4.69, 9.17) is 11.6 Å². The van der Waals surface area contributed by atoms with Gasteiger partial charge in [-0.25, -0.2) is 9.37 Å². The predicted molar refractivity (Wildman–Crippen MR) is 97.9 cm³/mol. The Hall–Kier alpha value is -1.98. The van der Waals surface area contributed by atoms with Crippen LogP contribution in [0.2, 0.25) is 5.02 Å². The minimum atomic E-state index is -0.282. The van der Waals surface area contributed by atoms with Gasteiger partial charge in [-0.05, 0) is 35.9 Å². The van der Waals surface area contributed by atoms with Gasteiger partial charge < -0.3 is 5.32 Å². The van der Waals surface area contributed by atoms with Gasteiger partial charge in [0.1, 0.15) is 11.6 Å². The summed E-state index contributed by atoms with van der Waals surface area (Å²) >= 11 is 7.67. The monoisotopic (exact) mass is 362 g/mol. The Kier molecular flexibility index (Phi) is 4.83. The van der Waals surface area contributed by atoms with E-state index in [1.807, 2.05) is 26.0 Å². The van der Waals surface area contributed by atoms with E-state index in [0.717, 1.165) is 15.8 Å². The number of nitrogens with one attached hydrogen (secondary N) is 1. The fraction of sp³-hybridized carbons (Fsp3) is 0.222. The van der Waals surface area contributed by atoms with E-state index in [1.54, 1.807) is 12.1 Å². The molecule has 124 valence electrons. The van der Waals surface area contributed by atoms with Gasteiger partial charge in [-0.3, -0.25) is 4.79 Å². The first-order valence-electron chi connectivity index (χ1n) is 7.56. The highest BCUT2D eigenvalue weighted by Gasteiger charge is 2.11. The average molecular weight is 363 g/mol. The molecule has 0 amide bonds. The van der Waals surface area contributed by atoms with Gasteiger partial charge in [-0.2, -0.15) is 0 Å². The zero-order valence-corrected chi connectivity index (χ0v) is 14.8. The number of aromatic nitrogens is 1. The first kappa shape index (κ1) is 16.9. The highest BCUT2D eigenvalue weighted by atomic mass is 35.5. The number of anilines is 2. The van der Waals surface area contributed by atoms with E-state index in [1.165, 1.54) is 23.5 Å². The van der Waals surface area contributed by atoms with E-state index >= 15 is 0 Å². The van der Waals surface area contributed by atoms with Crippen molar-refractivity contribution in [2.45, 2.75) is 20.3 Å². The van der Waals surface area contributed by atoms with Crippen molar-refractivity contribution in [1.29, 1.82) is 0 Å². The van der Waals surface area contributed by atoms with Crippen LogP contribution in [0.25, 0.3) is 10.2 Å². The van der Waals surface area contributed by atoms with Crippen molar-refractivity contribution in [3.05, 3.63) is 52.8 Å². The van der Waals surface area contributed by atoms with Gasteiger partial charge in [-0.15, -0.1) is 0 Å². The molecular formula is C18H16ClFN2OS. The van der Waals surface area contributed by atoms with E-state index in [9.17, 15) is 9.18 Å². The molecule has 0 atom stereocenters. The third-order valence-corrected chi connectivity index (χ3v) is 4.89. The van der Waals surface area contributed by atoms with Crippen molar-refractivity contribution >= 4 is 49.8 Å².